The van der Waals surface area contributed by atoms with Crippen LogP contribution in [0, 0.1) is 0 Å². The molecule has 86 heavy (non-hydrogen) atoms. The van der Waals surface area contributed by atoms with Crippen LogP contribution in [0.15, 0.2) is 231 Å². The molecule has 0 heterocycles. The second-order valence-electron chi connectivity index (χ2n) is 23.8. The summed E-state index contributed by atoms with van der Waals surface area (Å²) < 4.78 is 29.3. The molecule has 0 aromatic heterocycles. The third-order valence-corrected chi connectivity index (χ3v) is 16.4. The van der Waals surface area contributed by atoms with Crippen LogP contribution in [0.2, 0.25) is 10.0 Å². The van der Waals surface area contributed by atoms with Gasteiger partial charge in [-0.15, -0.1) is 0 Å². The summed E-state index contributed by atoms with van der Waals surface area (Å²) >= 11 is 12.3. The molecule has 0 saturated carbocycles. The molecule has 5 nitrogen and oxygen atoms in total. The molecule has 0 aliphatic carbocycles. The summed E-state index contributed by atoms with van der Waals surface area (Å²) in [5.41, 5.74) is 8.21. The van der Waals surface area contributed by atoms with Crippen molar-refractivity contribution in [3.8, 4) is 46.0 Å². The molecule has 9 aromatic rings. The highest BCUT2D eigenvalue weighted by Gasteiger charge is 2.25. The zero-order chi connectivity index (χ0) is 61.0. The van der Waals surface area contributed by atoms with Crippen molar-refractivity contribution in [2.24, 2.45) is 0 Å². The lowest BCUT2D eigenvalue weighted by molar-refractivity contribution is 0.317. The third kappa shape index (κ3) is 22.1. The van der Waals surface area contributed by atoms with Gasteiger partial charge in [0.05, 0.1) is 13.2 Å². The molecule has 0 bridgehead atoms. The Bertz CT molecular complexity index is 3340. The van der Waals surface area contributed by atoms with E-state index in [1.165, 1.54) is 33.4 Å². The Hall–Kier alpha value is -7.44. The van der Waals surface area contributed by atoms with Crippen molar-refractivity contribution in [2.45, 2.75) is 149 Å². The van der Waals surface area contributed by atoms with Crippen molar-refractivity contribution in [2.75, 3.05) is 13.2 Å². The van der Waals surface area contributed by atoms with Gasteiger partial charge in [-0.1, -0.05) is 194 Å². The number of hydrogen-bond acceptors (Lipinski definition) is 5. The van der Waals surface area contributed by atoms with Gasteiger partial charge in [0.25, 0.3) is 0 Å². The maximum absolute atomic E-state index is 6.17. The van der Waals surface area contributed by atoms with E-state index in [9.17, 15) is 0 Å². The zero-order valence-electron chi connectivity index (χ0n) is 52.1. The van der Waals surface area contributed by atoms with Crippen molar-refractivity contribution in [1.82, 2.24) is 0 Å². The predicted octanol–water partition coefficient (Wildman–Crippen LogP) is 23.6. The Balaban J connectivity index is 0.000000185. The zero-order valence-corrected chi connectivity index (χ0v) is 53.6. The topological polar surface area (TPSA) is 46.2 Å². The normalized spacial score (nSPS) is 11.9. The quantitative estimate of drug-likeness (QED) is 0.0489. The summed E-state index contributed by atoms with van der Waals surface area (Å²) in [6, 6.07) is 78.1. The lowest BCUT2D eigenvalue weighted by Gasteiger charge is -2.29. The molecule has 0 N–H and O–H groups in total. The minimum atomic E-state index is 0.0205. The van der Waals surface area contributed by atoms with Crippen LogP contribution in [0.3, 0.4) is 0 Å². The van der Waals surface area contributed by atoms with Gasteiger partial charge in [-0.05, 0) is 242 Å². The van der Waals surface area contributed by atoms with Crippen LogP contribution >= 0.6 is 23.2 Å². The summed E-state index contributed by atoms with van der Waals surface area (Å²) in [5, 5.41) is 1.38. The van der Waals surface area contributed by atoms with Gasteiger partial charge < -0.3 is 23.7 Å². The van der Waals surface area contributed by atoms with E-state index in [1.54, 1.807) is 6.07 Å². The van der Waals surface area contributed by atoms with Crippen LogP contribution in [0.4, 0.5) is 0 Å². The average Bonchev–Trinajstić information content (AvgIpc) is 3.70. The molecule has 0 aliphatic rings. The van der Waals surface area contributed by atoms with E-state index in [4.69, 9.17) is 46.9 Å². The van der Waals surface area contributed by atoms with Gasteiger partial charge in [0.2, 0.25) is 0 Å². The number of halogens is 2. The number of para-hydroxylation sites is 3. The lowest BCUT2D eigenvalue weighted by atomic mass is 9.76. The molecule has 1 unspecified atom stereocenters. The third-order valence-electron chi connectivity index (χ3n) is 15.9. The summed E-state index contributed by atoms with van der Waals surface area (Å²) in [4.78, 5) is 0. The number of ether oxygens (including phenoxy) is 5. The van der Waals surface area contributed by atoms with E-state index in [0.29, 0.717) is 10.0 Å². The molecule has 0 spiro atoms. The van der Waals surface area contributed by atoms with E-state index < -0.39 is 0 Å². The van der Waals surface area contributed by atoms with Crippen molar-refractivity contribution < 1.29 is 23.7 Å². The van der Waals surface area contributed by atoms with Crippen LogP contribution in [-0.2, 0) is 35.5 Å². The molecule has 450 valence electrons. The number of hydrogen-bond donors (Lipinski definition) is 0. The molecular weight excluding hydrogens is 1100 g/mol. The molecule has 0 fully saturated rings. The van der Waals surface area contributed by atoms with Crippen molar-refractivity contribution >= 4 is 23.2 Å². The van der Waals surface area contributed by atoms with Gasteiger partial charge in [0, 0.05) is 10.0 Å². The van der Waals surface area contributed by atoms with E-state index in [1.807, 2.05) is 121 Å². The second kappa shape index (κ2) is 34.0. The minimum absolute atomic E-state index is 0.0205. The predicted molar refractivity (Wildman–Crippen MR) is 362 cm³/mol. The SMILES string of the molecule is CC(C)(CCCc1cccc(Oc2ccccc2)c1)c1cc(Cl)cc(Cl)c1.CCCOc1ccc(C(C)(C)CCCc2cccc(Oc3ccccc3)c2)cc1.CCCOc1ccc(C(C)(CC)CCCc2cccc(Oc3ccccc3)c2)cc1. The lowest BCUT2D eigenvalue weighted by Crippen LogP contribution is -2.21. The molecule has 0 saturated heterocycles. The van der Waals surface area contributed by atoms with E-state index >= 15 is 0 Å². The first-order valence-corrected chi connectivity index (χ1v) is 31.8. The molecule has 0 aliphatic heterocycles. The summed E-state index contributed by atoms with van der Waals surface area (Å²) in [7, 11) is 0. The molecule has 9 aromatic carbocycles. The Morgan fingerprint density at radius 2 is 0.651 bits per heavy atom. The molecule has 0 radical (unpaired) electrons. The largest absolute Gasteiger partial charge is 0.494 e. The fourth-order valence-corrected chi connectivity index (χ4v) is 11.0. The first kappa shape index (κ1) is 66.1. The highest BCUT2D eigenvalue weighted by molar-refractivity contribution is 6.34. The average molecular weight is 1190 g/mol. The van der Waals surface area contributed by atoms with Crippen LogP contribution in [0.5, 0.6) is 46.0 Å². The smallest absolute Gasteiger partial charge is 0.127 e. The van der Waals surface area contributed by atoms with Crippen molar-refractivity contribution in [1.29, 1.82) is 0 Å². The van der Waals surface area contributed by atoms with Crippen molar-refractivity contribution in [3.05, 3.63) is 274 Å². The second-order valence-corrected chi connectivity index (χ2v) is 24.7. The first-order chi connectivity index (χ1) is 41.6. The Kier molecular flexibility index (Phi) is 26.2. The fourth-order valence-electron chi connectivity index (χ4n) is 10.5. The molecule has 9 rings (SSSR count). The maximum atomic E-state index is 6.17. The van der Waals surface area contributed by atoms with Gasteiger partial charge >= 0.3 is 0 Å². The van der Waals surface area contributed by atoms with E-state index in [2.05, 4.69) is 159 Å². The van der Waals surface area contributed by atoms with Crippen LogP contribution in [-0.4, -0.2) is 13.2 Å². The van der Waals surface area contributed by atoms with E-state index in [-0.39, 0.29) is 16.2 Å². The molecular formula is C79H90Cl2O5. The Labute approximate surface area is 525 Å². The van der Waals surface area contributed by atoms with Gasteiger partial charge in [-0.25, -0.2) is 0 Å². The number of aryl methyl sites for hydroxylation is 3. The van der Waals surface area contributed by atoms with Gasteiger partial charge in [-0.3, -0.25) is 0 Å². The summed E-state index contributed by atoms with van der Waals surface area (Å²) in [6.45, 7) is 19.6. The maximum Gasteiger partial charge on any atom is 0.127 e. The van der Waals surface area contributed by atoms with Crippen LogP contribution in [0.25, 0.3) is 0 Å². The fraction of sp³-hybridized carbons (Fsp3) is 0.316. The Morgan fingerprint density at radius 1 is 0.314 bits per heavy atom. The monoisotopic (exact) mass is 1190 g/mol. The molecule has 7 heteroatoms. The van der Waals surface area contributed by atoms with Crippen LogP contribution < -0.4 is 23.7 Å². The van der Waals surface area contributed by atoms with E-state index in [0.717, 1.165) is 136 Å². The first-order valence-electron chi connectivity index (χ1n) is 31.0. The summed E-state index contributed by atoms with van der Waals surface area (Å²) in [5.74, 6) is 7.20. The van der Waals surface area contributed by atoms with Gasteiger partial charge in [-0.2, -0.15) is 0 Å². The highest BCUT2D eigenvalue weighted by atomic mass is 35.5. The number of rotatable bonds is 28. The van der Waals surface area contributed by atoms with Gasteiger partial charge in [0.15, 0.2) is 0 Å². The summed E-state index contributed by atoms with van der Waals surface area (Å²) in [6.07, 6.45) is 13.0. The van der Waals surface area contributed by atoms with Crippen molar-refractivity contribution in [3.63, 3.8) is 0 Å². The number of benzene rings is 9. The standard InChI is InChI=1S/C28H34O2.C27H32O2.C24H24Cl2O/c1-4-21-29-25-18-16-24(17-19-25)28(3,5-2)20-10-12-23-11-9-15-27(22-23)30-26-13-7-6-8-14-26;1-4-20-28-24-17-15-23(16-18-24)27(2,3)19-9-11-22-10-8-14-26(21-22)29-25-12-6-5-7-13-25;1-24(2,19-15-20(25)17-21(26)16-19)13-7-9-18-8-6-12-23(14-18)27-22-10-4-3-5-11-22/h6-9,11,13-19,22H,4-5,10,12,20-21H2,1-3H3;5-8,10,12-18,21H,4,9,11,19-20H2,1-3H3;3-6,8,10-12,14-17H,7,9,13H2,1-2H3. The van der Waals surface area contributed by atoms with Gasteiger partial charge in [0.1, 0.15) is 46.0 Å². The molecule has 1 atom stereocenters. The Morgan fingerprint density at radius 3 is 1.01 bits per heavy atom. The minimum Gasteiger partial charge on any atom is -0.494 e. The highest BCUT2D eigenvalue weighted by Crippen LogP contribution is 2.37. The molecule has 0 amide bonds. The van der Waals surface area contributed by atoms with Crippen LogP contribution in [0.1, 0.15) is 147 Å².